The molecule has 1 aliphatic heterocycles. The molecule has 25 heavy (non-hydrogen) atoms. The second-order valence-electron chi connectivity index (χ2n) is 8.84. The molecular weight excluding hydrogens is 333 g/mol. The summed E-state index contributed by atoms with van der Waals surface area (Å²) in [5.74, 6) is 0.788. The molecule has 4 bridgehead atoms. The van der Waals surface area contributed by atoms with Gasteiger partial charge in [-0.05, 0) is 76.2 Å². The first-order valence-electron chi connectivity index (χ1n) is 9.51. The first-order chi connectivity index (χ1) is 11.7. The molecule has 0 aromatic heterocycles. The molecule has 0 spiro atoms. The van der Waals surface area contributed by atoms with Crippen molar-refractivity contribution in [3.05, 3.63) is 0 Å². The van der Waals surface area contributed by atoms with Crippen LogP contribution in [0.2, 0.25) is 0 Å². The Balaban J connectivity index is 1.42. The SMILES string of the molecule is CC(C(=O)NC1C2CC3CC1CC(O)(C3)C2)N1CCCC1C(F)(F)F. The van der Waals surface area contributed by atoms with E-state index in [1.807, 2.05) is 0 Å². The van der Waals surface area contributed by atoms with Crippen LogP contribution in [-0.4, -0.2) is 52.4 Å². The Hall–Kier alpha value is -0.820. The van der Waals surface area contributed by atoms with Crippen LogP contribution in [0.25, 0.3) is 0 Å². The quantitative estimate of drug-likeness (QED) is 0.813. The fraction of sp³-hybridized carbons (Fsp3) is 0.944. The van der Waals surface area contributed by atoms with Gasteiger partial charge in [-0.2, -0.15) is 13.2 Å². The maximum absolute atomic E-state index is 13.2. The molecule has 5 fully saturated rings. The van der Waals surface area contributed by atoms with Crippen molar-refractivity contribution in [3.8, 4) is 0 Å². The van der Waals surface area contributed by atoms with E-state index in [0.717, 1.165) is 19.3 Å². The van der Waals surface area contributed by atoms with E-state index in [-0.39, 0.29) is 30.2 Å². The van der Waals surface area contributed by atoms with Crippen LogP contribution in [-0.2, 0) is 4.79 Å². The van der Waals surface area contributed by atoms with Crippen molar-refractivity contribution >= 4 is 5.91 Å². The summed E-state index contributed by atoms with van der Waals surface area (Å²) in [5.41, 5.74) is -0.570. The highest BCUT2D eigenvalue weighted by Gasteiger charge is 2.55. The molecule has 5 rings (SSSR count). The number of nitrogens with one attached hydrogen (secondary N) is 1. The highest BCUT2D eigenvalue weighted by Crippen LogP contribution is 2.55. The predicted molar refractivity (Wildman–Crippen MR) is 85.7 cm³/mol. The Bertz CT molecular complexity index is 537. The molecule has 1 heterocycles. The van der Waals surface area contributed by atoms with Gasteiger partial charge in [0.05, 0.1) is 11.6 Å². The summed E-state index contributed by atoms with van der Waals surface area (Å²) in [6, 6.07) is -2.26. The topological polar surface area (TPSA) is 52.6 Å². The van der Waals surface area contributed by atoms with Gasteiger partial charge >= 0.3 is 6.18 Å². The van der Waals surface area contributed by atoms with Gasteiger partial charge in [0.25, 0.3) is 0 Å². The van der Waals surface area contributed by atoms with Gasteiger partial charge in [-0.3, -0.25) is 9.69 Å². The fourth-order valence-corrected chi connectivity index (χ4v) is 6.26. The summed E-state index contributed by atoms with van der Waals surface area (Å²) in [6.07, 6.45) is 0.618. The molecule has 1 amide bonds. The predicted octanol–water partition coefficient (Wildman–Crippen LogP) is 2.46. The highest BCUT2D eigenvalue weighted by atomic mass is 19.4. The van der Waals surface area contributed by atoms with Gasteiger partial charge in [0.1, 0.15) is 6.04 Å². The van der Waals surface area contributed by atoms with Crippen molar-refractivity contribution in [3.63, 3.8) is 0 Å². The van der Waals surface area contributed by atoms with Gasteiger partial charge in [0.15, 0.2) is 0 Å². The first kappa shape index (κ1) is 17.6. The van der Waals surface area contributed by atoms with Crippen LogP contribution >= 0.6 is 0 Å². The number of likely N-dealkylation sites (tertiary alicyclic amines) is 1. The molecule has 1 saturated heterocycles. The maximum Gasteiger partial charge on any atom is 0.404 e. The average Bonchev–Trinajstić information content (AvgIpc) is 2.98. The van der Waals surface area contributed by atoms with Gasteiger partial charge in [0.2, 0.25) is 5.91 Å². The molecule has 4 saturated carbocycles. The molecular formula is C18H27F3N2O2. The van der Waals surface area contributed by atoms with Crippen LogP contribution in [0.15, 0.2) is 0 Å². The fourth-order valence-electron chi connectivity index (χ4n) is 6.26. The molecule has 0 radical (unpaired) electrons. The molecule has 4 nitrogen and oxygen atoms in total. The van der Waals surface area contributed by atoms with Gasteiger partial charge < -0.3 is 10.4 Å². The van der Waals surface area contributed by atoms with E-state index in [2.05, 4.69) is 5.32 Å². The first-order valence-corrected chi connectivity index (χ1v) is 9.51. The van der Waals surface area contributed by atoms with Crippen LogP contribution in [0.5, 0.6) is 0 Å². The Morgan fingerprint density at radius 3 is 2.44 bits per heavy atom. The number of aliphatic hydroxyl groups is 1. The van der Waals surface area contributed by atoms with E-state index in [4.69, 9.17) is 0 Å². The van der Waals surface area contributed by atoms with Gasteiger partial charge in [0, 0.05) is 6.04 Å². The molecule has 0 aromatic carbocycles. The molecule has 0 aromatic rings. The second kappa shape index (κ2) is 5.84. The van der Waals surface area contributed by atoms with Crippen molar-refractivity contribution in [2.24, 2.45) is 17.8 Å². The van der Waals surface area contributed by atoms with E-state index in [9.17, 15) is 23.1 Å². The van der Waals surface area contributed by atoms with Crippen molar-refractivity contribution in [2.75, 3.05) is 6.54 Å². The minimum absolute atomic E-state index is 0.0127. The average molecular weight is 360 g/mol. The lowest BCUT2D eigenvalue weighted by Gasteiger charge is -2.58. The second-order valence-corrected chi connectivity index (χ2v) is 8.84. The Labute approximate surface area is 146 Å². The summed E-state index contributed by atoms with van der Waals surface area (Å²) in [7, 11) is 0. The third-order valence-electron chi connectivity index (χ3n) is 7.10. The highest BCUT2D eigenvalue weighted by molar-refractivity contribution is 5.81. The number of carbonyl (C=O) groups excluding carboxylic acids is 1. The number of halogens is 3. The summed E-state index contributed by atoms with van der Waals surface area (Å²) < 4.78 is 39.5. The number of amides is 1. The van der Waals surface area contributed by atoms with E-state index in [1.165, 1.54) is 4.90 Å². The van der Waals surface area contributed by atoms with Crippen molar-refractivity contribution in [2.45, 2.75) is 81.8 Å². The molecule has 5 aliphatic rings. The third kappa shape index (κ3) is 3.07. The van der Waals surface area contributed by atoms with Crippen LogP contribution in [0, 0.1) is 17.8 Å². The Morgan fingerprint density at radius 2 is 1.88 bits per heavy atom. The lowest BCUT2D eigenvalue weighted by atomic mass is 9.52. The summed E-state index contributed by atoms with van der Waals surface area (Å²) in [4.78, 5) is 14.0. The molecule has 2 N–H and O–H groups in total. The van der Waals surface area contributed by atoms with Crippen molar-refractivity contribution < 1.29 is 23.1 Å². The van der Waals surface area contributed by atoms with Crippen LogP contribution in [0.1, 0.15) is 51.9 Å². The van der Waals surface area contributed by atoms with Crippen molar-refractivity contribution in [1.29, 1.82) is 0 Å². The van der Waals surface area contributed by atoms with Gasteiger partial charge in [-0.1, -0.05) is 0 Å². The van der Waals surface area contributed by atoms with E-state index < -0.39 is 23.9 Å². The standard InChI is InChI=1S/C18H27F3N2O2/c1-10(23-4-2-3-14(23)18(19,20)21)16(24)22-15-12-5-11-6-13(15)9-17(25,7-11)8-12/h10-15,25H,2-9H2,1H3,(H,22,24). The molecule has 4 unspecified atom stereocenters. The van der Waals surface area contributed by atoms with Crippen LogP contribution in [0.3, 0.4) is 0 Å². The summed E-state index contributed by atoms with van der Waals surface area (Å²) >= 11 is 0. The van der Waals surface area contributed by atoms with Crippen LogP contribution in [0.4, 0.5) is 13.2 Å². The van der Waals surface area contributed by atoms with E-state index in [0.29, 0.717) is 31.7 Å². The number of carbonyl (C=O) groups is 1. The molecule has 4 atom stereocenters. The number of hydrogen-bond donors (Lipinski definition) is 2. The third-order valence-corrected chi connectivity index (χ3v) is 7.10. The Morgan fingerprint density at radius 1 is 1.24 bits per heavy atom. The molecule has 7 heteroatoms. The minimum atomic E-state index is -4.28. The largest absolute Gasteiger partial charge is 0.404 e. The number of hydrogen-bond acceptors (Lipinski definition) is 3. The van der Waals surface area contributed by atoms with E-state index >= 15 is 0 Å². The van der Waals surface area contributed by atoms with Crippen LogP contribution < -0.4 is 5.32 Å². The maximum atomic E-state index is 13.2. The zero-order valence-electron chi connectivity index (χ0n) is 14.6. The molecule has 4 aliphatic carbocycles. The van der Waals surface area contributed by atoms with Gasteiger partial charge in [-0.25, -0.2) is 0 Å². The normalized spacial score (nSPS) is 44.9. The lowest BCUT2D eigenvalue weighted by Crippen LogP contribution is -2.63. The Kier molecular flexibility index (Phi) is 4.11. The number of nitrogens with zero attached hydrogens (tertiary/aromatic N) is 1. The molecule has 142 valence electrons. The number of alkyl halides is 3. The van der Waals surface area contributed by atoms with Gasteiger partial charge in [-0.15, -0.1) is 0 Å². The zero-order chi connectivity index (χ0) is 18.0. The monoisotopic (exact) mass is 360 g/mol. The number of rotatable bonds is 3. The van der Waals surface area contributed by atoms with Crippen molar-refractivity contribution in [1.82, 2.24) is 10.2 Å². The van der Waals surface area contributed by atoms with E-state index in [1.54, 1.807) is 6.92 Å². The zero-order valence-corrected chi connectivity index (χ0v) is 14.6. The smallest absolute Gasteiger partial charge is 0.390 e. The lowest BCUT2D eigenvalue weighted by molar-refractivity contribution is -0.182. The summed E-state index contributed by atoms with van der Waals surface area (Å²) in [6.45, 7) is 1.90. The summed E-state index contributed by atoms with van der Waals surface area (Å²) in [5, 5.41) is 13.7. The minimum Gasteiger partial charge on any atom is -0.390 e.